The summed E-state index contributed by atoms with van der Waals surface area (Å²) in [5, 5.41) is 11.7. The Morgan fingerprint density at radius 1 is 0.800 bits per heavy atom. The minimum Gasteiger partial charge on any atom is -0.478 e. The highest BCUT2D eigenvalue weighted by Crippen LogP contribution is 2.32. The van der Waals surface area contributed by atoms with Crippen molar-refractivity contribution in [2.24, 2.45) is 0 Å². The maximum absolute atomic E-state index is 13.2. The number of rotatable bonds is 5. The molecule has 1 amide bonds. The zero-order valence-electron chi connectivity index (χ0n) is 15.5. The third-order valence-electron chi connectivity index (χ3n) is 4.27. The van der Waals surface area contributed by atoms with Crippen molar-refractivity contribution in [3.8, 4) is 0 Å². The van der Waals surface area contributed by atoms with Crippen LogP contribution in [0, 0.1) is 0 Å². The predicted octanol–water partition coefficient (Wildman–Crippen LogP) is 5.83. The minimum absolute atomic E-state index is 0.0975. The van der Waals surface area contributed by atoms with Gasteiger partial charge in [-0.25, -0.2) is 4.79 Å². The third-order valence-corrected chi connectivity index (χ3v) is 4.27. The summed E-state index contributed by atoms with van der Waals surface area (Å²) in [6, 6.07) is 17.9. The van der Waals surface area contributed by atoms with E-state index in [9.17, 15) is 27.9 Å². The molecular formula is C23H16F3NO3. The molecule has 0 atom stereocenters. The van der Waals surface area contributed by atoms with E-state index in [-0.39, 0.29) is 11.3 Å². The fourth-order valence-corrected chi connectivity index (χ4v) is 2.83. The summed E-state index contributed by atoms with van der Waals surface area (Å²) in [6.07, 6.45) is -1.22. The van der Waals surface area contributed by atoms with Crippen molar-refractivity contribution in [2.45, 2.75) is 6.18 Å². The number of aromatic carboxylic acids is 1. The number of halogens is 3. The van der Waals surface area contributed by atoms with Crippen molar-refractivity contribution in [1.82, 2.24) is 0 Å². The van der Waals surface area contributed by atoms with Crippen LogP contribution < -0.4 is 5.32 Å². The molecule has 0 aliphatic carbocycles. The van der Waals surface area contributed by atoms with Gasteiger partial charge in [-0.15, -0.1) is 0 Å². The first-order valence-electron chi connectivity index (χ1n) is 8.84. The first-order chi connectivity index (χ1) is 14.3. The van der Waals surface area contributed by atoms with Crippen molar-refractivity contribution < 1.29 is 27.9 Å². The predicted molar refractivity (Wildman–Crippen MR) is 108 cm³/mol. The molecule has 0 aliphatic heterocycles. The Bertz CT molecular complexity index is 1110. The summed E-state index contributed by atoms with van der Waals surface area (Å²) in [5.41, 5.74) is -0.539. The second kappa shape index (κ2) is 8.65. The molecule has 3 aromatic rings. The number of carboxylic acids is 1. The molecule has 0 saturated carbocycles. The maximum atomic E-state index is 13.2. The molecule has 152 valence electrons. The van der Waals surface area contributed by atoms with Crippen LogP contribution in [0.15, 0.2) is 72.8 Å². The molecule has 0 aromatic heterocycles. The van der Waals surface area contributed by atoms with Crippen molar-refractivity contribution in [1.29, 1.82) is 0 Å². The number of benzene rings is 3. The van der Waals surface area contributed by atoms with Gasteiger partial charge in [0.15, 0.2) is 0 Å². The van der Waals surface area contributed by atoms with Crippen LogP contribution in [0.25, 0.3) is 12.2 Å². The molecule has 7 heteroatoms. The smallest absolute Gasteiger partial charge is 0.417 e. The van der Waals surface area contributed by atoms with Crippen molar-refractivity contribution in [3.05, 3.63) is 101 Å². The van der Waals surface area contributed by atoms with Crippen LogP contribution in [0.2, 0.25) is 0 Å². The Morgan fingerprint density at radius 2 is 1.43 bits per heavy atom. The van der Waals surface area contributed by atoms with Gasteiger partial charge in [-0.1, -0.05) is 60.7 Å². The van der Waals surface area contributed by atoms with Crippen LogP contribution in [0.5, 0.6) is 0 Å². The van der Waals surface area contributed by atoms with Crippen LogP contribution in [-0.2, 0) is 6.18 Å². The van der Waals surface area contributed by atoms with Crippen molar-refractivity contribution in [2.75, 3.05) is 5.32 Å². The highest BCUT2D eigenvalue weighted by Gasteiger charge is 2.35. The van der Waals surface area contributed by atoms with Gasteiger partial charge in [0.2, 0.25) is 0 Å². The van der Waals surface area contributed by atoms with Gasteiger partial charge in [-0.05, 0) is 35.4 Å². The highest BCUT2D eigenvalue weighted by molar-refractivity contribution is 6.08. The number of nitrogens with one attached hydrogen (secondary N) is 1. The first kappa shape index (κ1) is 20.9. The van der Waals surface area contributed by atoms with E-state index >= 15 is 0 Å². The number of alkyl halides is 3. The second-order valence-electron chi connectivity index (χ2n) is 6.35. The third kappa shape index (κ3) is 4.94. The standard InChI is InChI=1S/C23H16F3NO3/c24-23(25,26)19-9-5-4-8-17(19)21(28)27-20-14-16(12-13-18(20)22(29)30)11-10-15-6-2-1-3-7-15/h1-14H,(H,27,28)(H,29,30). The normalized spacial score (nSPS) is 11.4. The monoisotopic (exact) mass is 411 g/mol. The van der Waals surface area contributed by atoms with Gasteiger partial charge in [0.05, 0.1) is 22.4 Å². The molecular weight excluding hydrogens is 395 g/mol. The average Bonchev–Trinajstić information content (AvgIpc) is 2.72. The van der Waals surface area contributed by atoms with E-state index in [1.807, 2.05) is 30.3 Å². The van der Waals surface area contributed by atoms with Gasteiger partial charge in [-0.3, -0.25) is 4.79 Å². The molecule has 0 aliphatic rings. The Kier molecular flexibility index (Phi) is 6.01. The van der Waals surface area contributed by atoms with Gasteiger partial charge < -0.3 is 10.4 Å². The summed E-state index contributed by atoms with van der Waals surface area (Å²) >= 11 is 0. The molecule has 2 N–H and O–H groups in total. The lowest BCUT2D eigenvalue weighted by Gasteiger charge is -2.14. The topological polar surface area (TPSA) is 66.4 Å². The summed E-state index contributed by atoms with van der Waals surface area (Å²) in [7, 11) is 0. The van der Waals surface area contributed by atoms with Gasteiger partial charge in [0.25, 0.3) is 5.91 Å². The van der Waals surface area contributed by atoms with Crippen molar-refractivity contribution >= 4 is 29.7 Å². The van der Waals surface area contributed by atoms with Crippen LogP contribution in [0.3, 0.4) is 0 Å². The SMILES string of the molecule is O=C(O)c1ccc(C=Cc2ccccc2)cc1NC(=O)c1ccccc1C(F)(F)F. The fourth-order valence-electron chi connectivity index (χ4n) is 2.83. The molecule has 0 bridgehead atoms. The van der Waals surface area contributed by atoms with E-state index in [0.29, 0.717) is 5.56 Å². The van der Waals surface area contributed by atoms with E-state index < -0.39 is 29.2 Å². The number of hydrogen-bond acceptors (Lipinski definition) is 2. The number of carboxylic acid groups (broad SMARTS) is 1. The second-order valence-corrected chi connectivity index (χ2v) is 6.35. The van der Waals surface area contributed by atoms with E-state index in [0.717, 1.165) is 17.7 Å². The molecule has 30 heavy (non-hydrogen) atoms. The molecule has 3 rings (SSSR count). The summed E-state index contributed by atoms with van der Waals surface area (Å²) in [4.78, 5) is 24.0. The molecule has 0 heterocycles. The summed E-state index contributed by atoms with van der Waals surface area (Å²) in [5.74, 6) is -2.36. The molecule has 3 aromatic carbocycles. The van der Waals surface area contributed by atoms with Crippen LogP contribution in [0.4, 0.5) is 18.9 Å². The quantitative estimate of drug-likeness (QED) is 0.520. The number of hydrogen-bond donors (Lipinski definition) is 2. The Morgan fingerprint density at radius 3 is 2.10 bits per heavy atom. The Hall–Kier alpha value is -3.87. The lowest BCUT2D eigenvalue weighted by atomic mass is 10.0. The van der Waals surface area contributed by atoms with E-state index in [4.69, 9.17) is 0 Å². The Labute approximate surface area is 170 Å². The summed E-state index contributed by atoms with van der Waals surface area (Å²) < 4.78 is 39.6. The highest BCUT2D eigenvalue weighted by atomic mass is 19.4. The molecule has 0 saturated heterocycles. The molecule has 0 spiro atoms. The largest absolute Gasteiger partial charge is 0.478 e. The number of carbonyl (C=O) groups excluding carboxylic acids is 1. The van der Waals surface area contributed by atoms with Gasteiger partial charge in [0.1, 0.15) is 0 Å². The van der Waals surface area contributed by atoms with Gasteiger partial charge >= 0.3 is 12.1 Å². The maximum Gasteiger partial charge on any atom is 0.417 e. The van der Waals surface area contributed by atoms with Gasteiger partial charge in [0, 0.05) is 0 Å². The van der Waals surface area contributed by atoms with Gasteiger partial charge in [-0.2, -0.15) is 13.2 Å². The Balaban J connectivity index is 1.94. The van der Waals surface area contributed by atoms with E-state index in [1.165, 1.54) is 24.3 Å². The first-order valence-corrected chi connectivity index (χ1v) is 8.84. The summed E-state index contributed by atoms with van der Waals surface area (Å²) in [6.45, 7) is 0. The molecule has 0 unspecified atom stereocenters. The zero-order chi connectivity index (χ0) is 21.7. The number of carbonyl (C=O) groups is 2. The zero-order valence-corrected chi connectivity index (χ0v) is 15.5. The van der Waals surface area contributed by atoms with E-state index in [2.05, 4.69) is 5.32 Å². The molecule has 0 fully saturated rings. The number of amides is 1. The molecule has 4 nitrogen and oxygen atoms in total. The lowest BCUT2D eigenvalue weighted by Crippen LogP contribution is -2.20. The lowest BCUT2D eigenvalue weighted by molar-refractivity contribution is -0.137. The average molecular weight is 411 g/mol. The van der Waals surface area contributed by atoms with E-state index in [1.54, 1.807) is 18.2 Å². The van der Waals surface area contributed by atoms with Crippen LogP contribution >= 0.6 is 0 Å². The number of anilines is 1. The molecule has 0 radical (unpaired) electrons. The van der Waals surface area contributed by atoms with Crippen LogP contribution in [-0.4, -0.2) is 17.0 Å². The van der Waals surface area contributed by atoms with Crippen molar-refractivity contribution in [3.63, 3.8) is 0 Å². The minimum atomic E-state index is -4.72. The fraction of sp³-hybridized carbons (Fsp3) is 0.0435. The van der Waals surface area contributed by atoms with Crippen LogP contribution in [0.1, 0.15) is 37.4 Å².